The van der Waals surface area contributed by atoms with E-state index in [1.54, 1.807) is 12.3 Å². The highest BCUT2D eigenvalue weighted by Gasteiger charge is 2.11. The molecular formula is C11H18N4O3S. The summed E-state index contributed by atoms with van der Waals surface area (Å²) in [6.45, 7) is 2.72. The summed E-state index contributed by atoms with van der Waals surface area (Å²) in [5, 5.41) is 10.5. The fourth-order valence-corrected chi connectivity index (χ4v) is 1.78. The quantitative estimate of drug-likeness (QED) is 0.648. The Bertz CT molecular complexity index is 530. The predicted octanol–water partition coefficient (Wildman–Crippen LogP) is -0.0782. The van der Waals surface area contributed by atoms with E-state index in [2.05, 4.69) is 15.6 Å². The maximum absolute atomic E-state index is 11.9. The zero-order valence-electron chi connectivity index (χ0n) is 10.7. The van der Waals surface area contributed by atoms with Crippen LogP contribution in [-0.4, -0.2) is 38.2 Å². The van der Waals surface area contributed by atoms with Crippen LogP contribution < -0.4 is 15.8 Å². The number of nitrogens with zero attached hydrogens (tertiary/aromatic N) is 1. The van der Waals surface area contributed by atoms with Crippen molar-refractivity contribution in [3.05, 3.63) is 24.0 Å². The van der Waals surface area contributed by atoms with E-state index in [0.717, 1.165) is 13.0 Å². The summed E-state index contributed by atoms with van der Waals surface area (Å²) in [5.74, 6) is -0.674. The van der Waals surface area contributed by atoms with Gasteiger partial charge in [0.05, 0.1) is 17.0 Å². The number of aromatic nitrogens is 1. The van der Waals surface area contributed by atoms with Crippen molar-refractivity contribution in [3.63, 3.8) is 0 Å². The molecule has 19 heavy (non-hydrogen) atoms. The molecule has 1 aromatic heterocycles. The Morgan fingerprint density at radius 1 is 1.42 bits per heavy atom. The molecule has 0 fully saturated rings. The third-order valence-corrected chi connectivity index (χ3v) is 3.08. The van der Waals surface area contributed by atoms with Crippen LogP contribution >= 0.6 is 0 Å². The molecule has 7 nitrogen and oxygen atoms in total. The number of pyridine rings is 1. The van der Waals surface area contributed by atoms with Gasteiger partial charge in [0.2, 0.25) is 10.0 Å². The van der Waals surface area contributed by atoms with E-state index in [0.29, 0.717) is 11.3 Å². The number of nitrogens with two attached hydrogens (primary N) is 1. The number of nitrogens with one attached hydrogen (secondary N) is 2. The van der Waals surface area contributed by atoms with E-state index >= 15 is 0 Å². The number of hydrogen-bond donors (Lipinski definition) is 3. The molecule has 0 aliphatic rings. The monoisotopic (exact) mass is 286 g/mol. The van der Waals surface area contributed by atoms with Gasteiger partial charge in [0.1, 0.15) is 0 Å². The zero-order valence-corrected chi connectivity index (χ0v) is 11.5. The number of carbonyl (C=O) groups excluding carboxylic acids is 1. The zero-order chi connectivity index (χ0) is 14.3. The first-order chi connectivity index (χ1) is 8.94. The normalized spacial score (nSPS) is 11.1. The highest BCUT2D eigenvalue weighted by molar-refractivity contribution is 7.89. The summed E-state index contributed by atoms with van der Waals surface area (Å²) in [5.41, 5.74) is 1.05. The van der Waals surface area contributed by atoms with E-state index in [9.17, 15) is 13.2 Å². The fourth-order valence-electron chi connectivity index (χ4n) is 1.39. The number of carbonyl (C=O) groups is 1. The Labute approximate surface area is 112 Å². The second kappa shape index (κ2) is 7.05. The molecule has 0 bridgehead atoms. The van der Waals surface area contributed by atoms with Gasteiger partial charge in [-0.05, 0) is 12.5 Å². The van der Waals surface area contributed by atoms with Gasteiger partial charge in [0.25, 0.3) is 5.91 Å². The van der Waals surface area contributed by atoms with Gasteiger partial charge < -0.3 is 10.6 Å². The van der Waals surface area contributed by atoms with Gasteiger partial charge >= 0.3 is 0 Å². The Morgan fingerprint density at radius 3 is 2.79 bits per heavy atom. The van der Waals surface area contributed by atoms with Crippen LogP contribution in [0, 0.1) is 0 Å². The Morgan fingerprint density at radius 2 is 2.16 bits per heavy atom. The van der Waals surface area contributed by atoms with Gasteiger partial charge in [-0.25, -0.2) is 13.6 Å². The van der Waals surface area contributed by atoms with Crippen LogP contribution in [0.4, 0.5) is 5.69 Å². The molecule has 106 valence electrons. The molecule has 0 unspecified atom stereocenters. The van der Waals surface area contributed by atoms with Crippen LogP contribution in [0.15, 0.2) is 18.5 Å². The van der Waals surface area contributed by atoms with E-state index in [1.165, 1.54) is 6.20 Å². The molecule has 0 aliphatic heterocycles. The number of sulfonamides is 1. The summed E-state index contributed by atoms with van der Waals surface area (Å²) in [6, 6.07) is 1.70. The van der Waals surface area contributed by atoms with Gasteiger partial charge in [0, 0.05) is 25.5 Å². The van der Waals surface area contributed by atoms with Gasteiger partial charge in [-0.1, -0.05) is 6.92 Å². The molecule has 0 saturated carbocycles. The van der Waals surface area contributed by atoms with Gasteiger partial charge in [-0.3, -0.25) is 9.78 Å². The number of anilines is 1. The average molecular weight is 286 g/mol. The van der Waals surface area contributed by atoms with Crippen LogP contribution in [-0.2, 0) is 10.0 Å². The molecule has 1 aromatic rings. The summed E-state index contributed by atoms with van der Waals surface area (Å²) < 4.78 is 21.5. The standard InChI is InChI=1S/C11H18N4O3S/c1-2-4-14-10-3-5-13-8-9(10)11(16)15-6-7-19(12,17)18/h3,5,8H,2,4,6-7H2,1H3,(H,13,14)(H,15,16)(H2,12,17,18). The second-order valence-electron chi connectivity index (χ2n) is 3.97. The van der Waals surface area contributed by atoms with Gasteiger partial charge in [0.15, 0.2) is 0 Å². The highest BCUT2D eigenvalue weighted by Crippen LogP contribution is 2.13. The minimum absolute atomic E-state index is 0.0280. The van der Waals surface area contributed by atoms with Crippen molar-refractivity contribution in [3.8, 4) is 0 Å². The van der Waals surface area contributed by atoms with E-state index in [-0.39, 0.29) is 18.2 Å². The Hall–Kier alpha value is -1.67. The molecule has 0 spiro atoms. The first-order valence-electron chi connectivity index (χ1n) is 5.90. The van der Waals surface area contributed by atoms with Crippen molar-refractivity contribution in [1.82, 2.24) is 10.3 Å². The molecule has 0 saturated heterocycles. The summed E-state index contributed by atoms with van der Waals surface area (Å²) in [4.78, 5) is 15.8. The molecule has 1 heterocycles. The molecule has 1 amide bonds. The number of rotatable bonds is 7. The topological polar surface area (TPSA) is 114 Å². The molecule has 4 N–H and O–H groups in total. The maximum atomic E-state index is 11.9. The molecular weight excluding hydrogens is 268 g/mol. The third kappa shape index (κ3) is 5.66. The van der Waals surface area contributed by atoms with Crippen molar-refractivity contribution in [2.45, 2.75) is 13.3 Å². The lowest BCUT2D eigenvalue weighted by molar-refractivity contribution is 0.0956. The first kappa shape index (κ1) is 15.4. The van der Waals surface area contributed by atoms with Crippen LogP contribution in [0.3, 0.4) is 0 Å². The van der Waals surface area contributed by atoms with Crippen LogP contribution in [0.1, 0.15) is 23.7 Å². The summed E-state index contributed by atoms with van der Waals surface area (Å²) in [7, 11) is -3.57. The van der Waals surface area contributed by atoms with E-state index in [4.69, 9.17) is 5.14 Å². The molecule has 0 radical (unpaired) electrons. The number of amides is 1. The van der Waals surface area contributed by atoms with Crippen LogP contribution in [0.25, 0.3) is 0 Å². The summed E-state index contributed by atoms with van der Waals surface area (Å²) >= 11 is 0. The van der Waals surface area contributed by atoms with Crippen molar-refractivity contribution in [2.24, 2.45) is 5.14 Å². The fraction of sp³-hybridized carbons (Fsp3) is 0.455. The van der Waals surface area contributed by atoms with Crippen molar-refractivity contribution in [1.29, 1.82) is 0 Å². The van der Waals surface area contributed by atoms with Gasteiger partial charge in [-0.15, -0.1) is 0 Å². The molecule has 8 heteroatoms. The first-order valence-corrected chi connectivity index (χ1v) is 7.62. The lowest BCUT2D eigenvalue weighted by Crippen LogP contribution is -2.32. The molecule has 0 aromatic carbocycles. The number of hydrogen-bond acceptors (Lipinski definition) is 5. The molecule has 0 atom stereocenters. The van der Waals surface area contributed by atoms with E-state index < -0.39 is 10.0 Å². The Balaban J connectivity index is 2.65. The van der Waals surface area contributed by atoms with Crippen molar-refractivity contribution < 1.29 is 13.2 Å². The minimum atomic E-state index is -3.57. The smallest absolute Gasteiger partial charge is 0.254 e. The van der Waals surface area contributed by atoms with E-state index in [1.807, 2.05) is 6.92 Å². The average Bonchev–Trinajstić information content (AvgIpc) is 2.35. The SMILES string of the molecule is CCCNc1ccncc1C(=O)NCCS(N)(=O)=O. The predicted molar refractivity (Wildman–Crippen MR) is 73.3 cm³/mol. The second-order valence-corrected chi connectivity index (χ2v) is 5.70. The Kier molecular flexibility index (Phi) is 5.71. The minimum Gasteiger partial charge on any atom is -0.384 e. The summed E-state index contributed by atoms with van der Waals surface area (Å²) in [6.07, 6.45) is 3.94. The van der Waals surface area contributed by atoms with Gasteiger partial charge in [-0.2, -0.15) is 0 Å². The maximum Gasteiger partial charge on any atom is 0.254 e. The lowest BCUT2D eigenvalue weighted by atomic mass is 10.2. The molecule has 1 rings (SSSR count). The number of primary sulfonamides is 1. The van der Waals surface area contributed by atoms with Crippen molar-refractivity contribution in [2.75, 3.05) is 24.2 Å². The highest BCUT2D eigenvalue weighted by atomic mass is 32.2. The van der Waals surface area contributed by atoms with Crippen molar-refractivity contribution >= 4 is 21.6 Å². The van der Waals surface area contributed by atoms with Crippen LogP contribution in [0.5, 0.6) is 0 Å². The third-order valence-electron chi connectivity index (χ3n) is 2.30. The molecule has 0 aliphatic carbocycles. The van der Waals surface area contributed by atoms with Crippen LogP contribution in [0.2, 0.25) is 0 Å². The lowest BCUT2D eigenvalue weighted by Gasteiger charge is -2.10. The largest absolute Gasteiger partial charge is 0.384 e.